The minimum atomic E-state index is -0.153. The number of benzene rings is 3. The number of rotatable bonds is 7. The Labute approximate surface area is 176 Å². The third kappa shape index (κ3) is 5.03. The summed E-state index contributed by atoms with van der Waals surface area (Å²) in [6.07, 6.45) is 3.29. The van der Waals surface area contributed by atoms with Crippen LogP contribution < -0.4 is 9.47 Å². The summed E-state index contributed by atoms with van der Waals surface area (Å²) >= 11 is 0. The fourth-order valence-electron chi connectivity index (χ4n) is 2.93. The number of carbonyl (C=O) groups is 1. The molecule has 30 heavy (non-hydrogen) atoms. The molecular formula is C26H21NO3. The van der Waals surface area contributed by atoms with E-state index in [1.165, 1.54) is 0 Å². The maximum absolute atomic E-state index is 12.9. The van der Waals surface area contributed by atoms with Crippen molar-refractivity contribution >= 4 is 16.9 Å². The molecule has 3 aromatic carbocycles. The molecule has 0 spiro atoms. The molecule has 0 fully saturated rings. The number of allylic oxidation sites excluding steroid dienone is 4. The van der Waals surface area contributed by atoms with Crippen LogP contribution in [0.2, 0.25) is 0 Å². The third-order valence-corrected chi connectivity index (χ3v) is 4.59. The maximum Gasteiger partial charge on any atom is 0.186 e. The van der Waals surface area contributed by atoms with Crippen LogP contribution in [0, 0.1) is 11.3 Å². The molecule has 0 aliphatic heterocycles. The molecule has 0 bridgehead atoms. The molecule has 3 aromatic rings. The van der Waals surface area contributed by atoms with Gasteiger partial charge in [0, 0.05) is 5.56 Å². The van der Waals surface area contributed by atoms with Crippen molar-refractivity contribution in [1.82, 2.24) is 0 Å². The van der Waals surface area contributed by atoms with Crippen LogP contribution >= 0.6 is 0 Å². The van der Waals surface area contributed by atoms with Gasteiger partial charge in [-0.15, -0.1) is 0 Å². The van der Waals surface area contributed by atoms with Gasteiger partial charge < -0.3 is 9.47 Å². The van der Waals surface area contributed by atoms with E-state index >= 15 is 0 Å². The van der Waals surface area contributed by atoms with Crippen LogP contribution in [0.25, 0.3) is 11.1 Å². The van der Waals surface area contributed by atoms with Crippen LogP contribution in [0.4, 0.5) is 0 Å². The first-order valence-corrected chi connectivity index (χ1v) is 9.36. The summed E-state index contributed by atoms with van der Waals surface area (Å²) < 4.78 is 10.3. The quantitative estimate of drug-likeness (QED) is 0.227. The molecule has 0 aromatic heterocycles. The molecule has 0 aliphatic carbocycles. The zero-order chi connectivity index (χ0) is 21.3. The smallest absolute Gasteiger partial charge is 0.186 e. The van der Waals surface area contributed by atoms with Crippen LogP contribution in [0.5, 0.6) is 11.5 Å². The second-order valence-electron chi connectivity index (χ2n) is 6.46. The SMILES string of the molecule is COc1ccc(C(=O)/C=C(\C=C(/C#N)c2ccc(OC)cc2)c2ccccc2)cc1. The van der Waals surface area contributed by atoms with Gasteiger partial charge in [-0.3, -0.25) is 4.79 Å². The lowest BCUT2D eigenvalue weighted by Gasteiger charge is -2.07. The fraction of sp³-hybridized carbons (Fsp3) is 0.0769. The van der Waals surface area contributed by atoms with E-state index in [0.29, 0.717) is 28.2 Å². The number of hydrogen-bond acceptors (Lipinski definition) is 4. The number of hydrogen-bond donors (Lipinski definition) is 0. The number of nitriles is 1. The van der Waals surface area contributed by atoms with E-state index < -0.39 is 0 Å². The van der Waals surface area contributed by atoms with Crippen LogP contribution in [0.15, 0.2) is 91.0 Å². The summed E-state index contributed by atoms with van der Waals surface area (Å²) in [6, 6.07) is 25.9. The van der Waals surface area contributed by atoms with Crippen LogP contribution in [-0.4, -0.2) is 20.0 Å². The number of carbonyl (C=O) groups excluding carboxylic acids is 1. The summed E-state index contributed by atoms with van der Waals surface area (Å²) in [5, 5.41) is 9.74. The summed E-state index contributed by atoms with van der Waals surface area (Å²) in [4.78, 5) is 12.9. The molecular weight excluding hydrogens is 374 g/mol. The molecule has 0 radical (unpaired) electrons. The minimum Gasteiger partial charge on any atom is -0.497 e. The lowest BCUT2D eigenvalue weighted by molar-refractivity contribution is 0.104. The van der Waals surface area contributed by atoms with Crippen LogP contribution in [0.1, 0.15) is 21.5 Å². The minimum absolute atomic E-state index is 0.153. The zero-order valence-electron chi connectivity index (χ0n) is 16.8. The molecule has 0 N–H and O–H groups in total. The van der Waals surface area contributed by atoms with E-state index in [0.717, 1.165) is 11.1 Å². The van der Waals surface area contributed by atoms with Crippen molar-refractivity contribution in [2.45, 2.75) is 0 Å². The Morgan fingerprint density at radius 3 is 1.77 bits per heavy atom. The van der Waals surface area contributed by atoms with Crippen molar-refractivity contribution in [2.75, 3.05) is 14.2 Å². The molecule has 0 saturated carbocycles. The summed E-state index contributed by atoms with van der Waals surface area (Å²) in [5.41, 5.74) is 3.25. The Morgan fingerprint density at radius 1 is 0.733 bits per heavy atom. The Morgan fingerprint density at radius 2 is 1.27 bits per heavy atom. The predicted molar refractivity (Wildman–Crippen MR) is 118 cm³/mol. The standard InChI is InChI=1S/C26H21NO3/c1-29-24-12-8-20(9-13-24)23(18-27)16-22(19-6-4-3-5-7-19)17-26(28)21-10-14-25(30-2)15-11-21/h3-17H,1-2H3/b22-17+,23-16+. The molecule has 0 heterocycles. The van der Waals surface area contributed by atoms with Gasteiger partial charge in [0.2, 0.25) is 0 Å². The first-order chi connectivity index (χ1) is 14.6. The fourth-order valence-corrected chi connectivity index (χ4v) is 2.93. The lowest BCUT2D eigenvalue weighted by Crippen LogP contribution is -1.97. The topological polar surface area (TPSA) is 59.3 Å². The molecule has 3 rings (SSSR count). The monoisotopic (exact) mass is 395 g/mol. The van der Waals surface area contributed by atoms with E-state index in [9.17, 15) is 10.1 Å². The Bertz CT molecular complexity index is 1100. The zero-order valence-corrected chi connectivity index (χ0v) is 16.8. The summed E-state index contributed by atoms with van der Waals surface area (Å²) in [7, 11) is 3.18. The Kier molecular flexibility index (Phi) is 6.81. The first-order valence-electron chi connectivity index (χ1n) is 9.36. The molecule has 0 amide bonds. The van der Waals surface area contributed by atoms with Gasteiger partial charge in [0.05, 0.1) is 25.9 Å². The highest BCUT2D eigenvalue weighted by Crippen LogP contribution is 2.25. The molecule has 0 saturated heterocycles. The summed E-state index contributed by atoms with van der Waals surface area (Å²) in [6.45, 7) is 0. The molecule has 148 valence electrons. The van der Waals surface area contributed by atoms with E-state index in [4.69, 9.17) is 9.47 Å². The van der Waals surface area contributed by atoms with Gasteiger partial charge in [-0.2, -0.15) is 5.26 Å². The van der Waals surface area contributed by atoms with E-state index in [-0.39, 0.29) is 5.78 Å². The van der Waals surface area contributed by atoms with Gasteiger partial charge in [-0.1, -0.05) is 30.3 Å². The second-order valence-corrected chi connectivity index (χ2v) is 6.46. The highest BCUT2D eigenvalue weighted by molar-refractivity contribution is 6.10. The normalized spacial score (nSPS) is 11.5. The van der Waals surface area contributed by atoms with Crippen LogP contribution in [-0.2, 0) is 0 Å². The van der Waals surface area contributed by atoms with Gasteiger partial charge >= 0.3 is 0 Å². The number of ether oxygens (including phenoxy) is 2. The molecule has 0 unspecified atom stereocenters. The average Bonchev–Trinajstić information content (AvgIpc) is 2.82. The van der Waals surface area contributed by atoms with E-state index in [1.54, 1.807) is 62.8 Å². The van der Waals surface area contributed by atoms with Crippen molar-refractivity contribution in [1.29, 1.82) is 5.26 Å². The van der Waals surface area contributed by atoms with Gasteiger partial charge in [0.1, 0.15) is 11.5 Å². The highest BCUT2D eigenvalue weighted by Gasteiger charge is 2.09. The first kappa shape index (κ1) is 20.6. The van der Waals surface area contributed by atoms with Crippen molar-refractivity contribution in [2.24, 2.45) is 0 Å². The second kappa shape index (κ2) is 9.90. The number of nitrogens with zero attached hydrogens (tertiary/aromatic N) is 1. The van der Waals surface area contributed by atoms with Gasteiger partial charge in [-0.25, -0.2) is 0 Å². The highest BCUT2D eigenvalue weighted by atomic mass is 16.5. The van der Waals surface area contributed by atoms with Crippen molar-refractivity contribution in [3.63, 3.8) is 0 Å². The average molecular weight is 395 g/mol. The predicted octanol–water partition coefficient (Wildman–Crippen LogP) is 5.58. The van der Waals surface area contributed by atoms with Crippen LogP contribution in [0.3, 0.4) is 0 Å². The maximum atomic E-state index is 12.9. The van der Waals surface area contributed by atoms with Gasteiger partial charge in [0.25, 0.3) is 0 Å². The molecule has 0 aliphatic rings. The lowest BCUT2D eigenvalue weighted by atomic mass is 9.97. The van der Waals surface area contributed by atoms with E-state index in [1.807, 2.05) is 42.5 Å². The molecule has 4 heteroatoms. The molecule has 0 atom stereocenters. The third-order valence-electron chi connectivity index (χ3n) is 4.59. The van der Waals surface area contributed by atoms with Gasteiger partial charge in [0.15, 0.2) is 5.78 Å². The number of methoxy groups -OCH3 is 2. The van der Waals surface area contributed by atoms with E-state index in [2.05, 4.69) is 6.07 Å². The molecule has 4 nitrogen and oxygen atoms in total. The van der Waals surface area contributed by atoms with Gasteiger partial charge in [-0.05, 0) is 77.4 Å². The largest absolute Gasteiger partial charge is 0.497 e. The van der Waals surface area contributed by atoms with Crippen molar-refractivity contribution < 1.29 is 14.3 Å². The van der Waals surface area contributed by atoms with Crippen molar-refractivity contribution in [3.05, 3.63) is 108 Å². The Hall–Kier alpha value is -4.10. The Balaban J connectivity index is 2.03. The summed E-state index contributed by atoms with van der Waals surface area (Å²) in [5.74, 6) is 1.24. The number of ketones is 1. The van der Waals surface area contributed by atoms with Crippen molar-refractivity contribution in [3.8, 4) is 17.6 Å².